The molecule has 1 aliphatic rings. The first-order valence-electron chi connectivity index (χ1n) is 6.30. The van der Waals surface area contributed by atoms with Crippen LogP contribution in [0, 0.1) is 16.0 Å². The molecule has 1 saturated carbocycles. The van der Waals surface area contributed by atoms with E-state index in [2.05, 4.69) is 0 Å². The molecule has 0 aliphatic heterocycles. The van der Waals surface area contributed by atoms with Crippen LogP contribution in [0.5, 0.6) is 0 Å². The van der Waals surface area contributed by atoms with Crippen molar-refractivity contribution in [2.45, 2.75) is 23.8 Å². The van der Waals surface area contributed by atoms with E-state index in [-0.39, 0.29) is 34.2 Å². The van der Waals surface area contributed by atoms with Gasteiger partial charge in [-0.3, -0.25) is 10.1 Å². The van der Waals surface area contributed by atoms with Gasteiger partial charge in [0.15, 0.2) is 0 Å². The van der Waals surface area contributed by atoms with Crippen molar-refractivity contribution in [2.75, 3.05) is 13.6 Å². The summed E-state index contributed by atoms with van der Waals surface area (Å²) in [6, 6.07) is 3.32. The highest BCUT2D eigenvalue weighted by atomic mass is 35.5. The summed E-state index contributed by atoms with van der Waals surface area (Å²) in [5.74, 6) is 0.0947. The average Bonchev–Trinajstić information content (AvgIpc) is 2.36. The molecule has 0 spiro atoms. The number of hydrogen-bond acceptors (Lipinski definition) is 5. The van der Waals surface area contributed by atoms with Crippen molar-refractivity contribution in [3.63, 3.8) is 0 Å². The Kier molecular flexibility index (Phi) is 4.52. The third kappa shape index (κ3) is 3.34. The fourth-order valence-electron chi connectivity index (χ4n) is 2.28. The van der Waals surface area contributed by atoms with Crippen molar-refractivity contribution in [1.82, 2.24) is 4.31 Å². The zero-order chi connectivity index (χ0) is 15.8. The second-order valence-corrected chi connectivity index (χ2v) is 7.57. The molecule has 0 aromatic heterocycles. The van der Waals surface area contributed by atoms with E-state index < -0.39 is 14.9 Å². The van der Waals surface area contributed by atoms with Crippen molar-refractivity contribution in [3.8, 4) is 0 Å². The van der Waals surface area contributed by atoms with Gasteiger partial charge in [-0.05, 0) is 24.8 Å². The van der Waals surface area contributed by atoms with Gasteiger partial charge < -0.3 is 5.11 Å². The van der Waals surface area contributed by atoms with Gasteiger partial charge in [0, 0.05) is 25.7 Å². The molecule has 1 aliphatic carbocycles. The lowest BCUT2D eigenvalue weighted by atomic mass is 9.82. The van der Waals surface area contributed by atoms with Crippen molar-refractivity contribution >= 4 is 27.3 Å². The molecule has 0 amide bonds. The quantitative estimate of drug-likeness (QED) is 0.651. The predicted molar refractivity (Wildman–Crippen MR) is 76.7 cm³/mol. The Bertz CT molecular complexity index is 658. The Labute approximate surface area is 127 Å². The number of rotatable bonds is 5. The normalized spacial score (nSPS) is 22.1. The highest BCUT2D eigenvalue weighted by Gasteiger charge is 2.33. The van der Waals surface area contributed by atoms with Crippen molar-refractivity contribution in [1.29, 1.82) is 0 Å². The highest BCUT2D eigenvalue weighted by Crippen LogP contribution is 2.32. The maximum atomic E-state index is 12.4. The summed E-state index contributed by atoms with van der Waals surface area (Å²) in [4.78, 5) is 9.81. The van der Waals surface area contributed by atoms with Gasteiger partial charge in [0.2, 0.25) is 10.0 Å². The first kappa shape index (κ1) is 16.2. The lowest BCUT2D eigenvalue weighted by Gasteiger charge is -2.34. The summed E-state index contributed by atoms with van der Waals surface area (Å²) >= 11 is 5.87. The number of sulfonamides is 1. The van der Waals surface area contributed by atoms with Crippen LogP contribution in [0.4, 0.5) is 5.69 Å². The summed E-state index contributed by atoms with van der Waals surface area (Å²) < 4.78 is 26.0. The van der Waals surface area contributed by atoms with E-state index in [1.165, 1.54) is 13.1 Å². The van der Waals surface area contributed by atoms with Crippen LogP contribution in [0.3, 0.4) is 0 Å². The number of halogens is 1. The van der Waals surface area contributed by atoms with Crippen LogP contribution in [-0.4, -0.2) is 42.4 Å². The first-order valence-corrected chi connectivity index (χ1v) is 8.12. The van der Waals surface area contributed by atoms with E-state index in [0.717, 1.165) is 16.4 Å². The molecule has 0 bridgehead atoms. The molecular weight excluding hydrogens is 320 g/mol. The molecule has 2 rings (SSSR count). The largest absolute Gasteiger partial charge is 0.393 e. The van der Waals surface area contributed by atoms with Gasteiger partial charge in [-0.25, -0.2) is 12.7 Å². The molecule has 0 saturated heterocycles. The third-order valence-corrected chi connectivity index (χ3v) is 5.84. The van der Waals surface area contributed by atoms with Gasteiger partial charge in [0.25, 0.3) is 5.69 Å². The minimum absolute atomic E-state index is 0.0545. The topological polar surface area (TPSA) is 101 Å². The Hall–Kier alpha value is -1.22. The number of aliphatic hydroxyl groups excluding tert-OH is 1. The molecule has 0 atom stereocenters. The van der Waals surface area contributed by atoms with Gasteiger partial charge in [-0.2, -0.15) is 0 Å². The Morgan fingerprint density at radius 1 is 1.48 bits per heavy atom. The van der Waals surface area contributed by atoms with Gasteiger partial charge >= 0.3 is 0 Å². The Balaban J connectivity index is 2.26. The number of aliphatic hydroxyl groups is 1. The van der Waals surface area contributed by atoms with E-state index in [4.69, 9.17) is 11.6 Å². The summed E-state index contributed by atoms with van der Waals surface area (Å²) in [7, 11) is -2.50. The predicted octanol–water partition coefficient (Wildman–Crippen LogP) is 1.64. The lowest BCUT2D eigenvalue weighted by Crippen LogP contribution is -2.39. The monoisotopic (exact) mass is 334 g/mol. The van der Waals surface area contributed by atoms with Crippen molar-refractivity contribution in [2.24, 2.45) is 5.92 Å². The molecule has 0 unspecified atom stereocenters. The van der Waals surface area contributed by atoms with Gasteiger partial charge in [-0.15, -0.1) is 0 Å². The van der Waals surface area contributed by atoms with Crippen molar-refractivity contribution in [3.05, 3.63) is 33.3 Å². The number of nitro groups is 1. The summed E-state index contributed by atoms with van der Waals surface area (Å²) in [6.45, 7) is 0.248. The fraction of sp³-hybridized carbons (Fsp3) is 0.500. The summed E-state index contributed by atoms with van der Waals surface area (Å²) in [5, 5.41) is 19.9. The van der Waals surface area contributed by atoms with E-state index in [1.807, 2.05) is 0 Å². The number of non-ortho nitro benzene ring substituents is 1. The van der Waals surface area contributed by atoms with Crippen LogP contribution in [0.15, 0.2) is 23.1 Å². The van der Waals surface area contributed by atoms with Crippen LogP contribution in [0.2, 0.25) is 5.02 Å². The number of nitro benzene ring substituents is 1. The number of hydrogen-bond donors (Lipinski definition) is 1. The standard InChI is InChI=1S/C12H15ClN2O5S/c1-14(7-8-4-10(16)5-8)21(19,20)12-6-9(15(17)18)2-3-11(12)13/h2-3,6,8,10,16H,4-5,7H2,1H3. The average molecular weight is 335 g/mol. The summed E-state index contributed by atoms with van der Waals surface area (Å²) in [5.41, 5.74) is -0.328. The number of nitrogens with zero attached hydrogens (tertiary/aromatic N) is 2. The number of benzene rings is 1. The molecule has 116 valence electrons. The lowest BCUT2D eigenvalue weighted by molar-refractivity contribution is -0.385. The van der Waals surface area contributed by atoms with E-state index in [0.29, 0.717) is 12.8 Å². The molecule has 7 nitrogen and oxygen atoms in total. The van der Waals surface area contributed by atoms with Crippen LogP contribution < -0.4 is 0 Å². The zero-order valence-electron chi connectivity index (χ0n) is 11.3. The maximum Gasteiger partial charge on any atom is 0.270 e. The molecule has 9 heteroatoms. The molecular formula is C12H15ClN2O5S. The minimum Gasteiger partial charge on any atom is -0.393 e. The second kappa shape index (κ2) is 5.88. The molecule has 1 fully saturated rings. The highest BCUT2D eigenvalue weighted by molar-refractivity contribution is 7.89. The minimum atomic E-state index is -3.90. The fourth-order valence-corrected chi connectivity index (χ4v) is 4.02. The van der Waals surface area contributed by atoms with Gasteiger partial charge in [0.05, 0.1) is 16.0 Å². The molecule has 1 N–H and O–H groups in total. The zero-order valence-corrected chi connectivity index (χ0v) is 12.8. The van der Waals surface area contributed by atoms with Crippen LogP contribution in [-0.2, 0) is 10.0 Å². The molecule has 21 heavy (non-hydrogen) atoms. The smallest absolute Gasteiger partial charge is 0.270 e. The first-order chi connectivity index (χ1) is 9.71. The second-order valence-electron chi connectivity index (χ2n) is 5.15. The van der Waals surface area contributed by atoms with Crippen LogP contribution in [0.1, 0.15) is 12.8 Å². The summed E-state index contributed by atoms with van der Waals surface area (Å²) in [6.07, 6.45) is 0.748. The van der Waals surface area contributed by atoms with E-state index in [1.54, 1.807) is 0 Å². The van der Waals surface area contributed by atoms with Gasteiger partial charge in [-0.1, -0.05) is 11.6 Å². The third-order valence-electron chi connectivity index (χ3n) is 3.54. The Morgan fingerprint density at radius 3 is 2.62 bits per heavy atom. The van der Waals surface area contributed by atoms with E-state index >= 15 is 0 Å². The van der Waals surface area contributed by atoms with Crippen molar-refractivity contribution < 1.29 is 18.4 Å². The SMILES string of the molecule is CN(CC1CC(O)C1)S(=O)(=O)c1cc([N+](=O)[O-])ccc1Cl. The molecule has 0 radical (unpaired) electrons. The molecule has 1 aromatic carbocycles. The molecule has 1 aromatic rings. The maximum absolute atomic E-state index is 12.4. The van der Waals surface area contributed by atoms with E-state index in [9.17, 15) is 23.6 Å². The van der Waals surface area contributed by atoms with Gasteiger partial charge in [0.1, 0.15) is 4.90 Å². The van der Waals surface area contributed by atoms with Crippen LogP contribution >= 0.6 is 11.6 Å². The molecule has 0 heterocycles. The Morgan fingerprint density at radius 2 is 2.10 bits per heavy atom. The van der Waals surface area contributed by atoms with Crippen LogP contribution in [0.25, 0.3) is 0 Å².